The maximum atomic E-state index is 14.2. The van der Waals surface area contributed by atoms with Crippen molar-refractivity contribution in [2.75, 3.05) is 10.6 Å². The largest absolute Gasteiger partial charge is 0.321 e. The van der Waals surface area contributed by atoms with Crippen molar-refractivity contribution in [1.29, 1.82) is 5.26 Å². The summed E-state index contributed by atoms with van der Waals surface area (Å²) in [6.07, 6.45) is 4.42. The number of benzene rings is 4. The molecule has 9 heteroatoms. The molecule has 3 N–H and O–H groups in total. The van der Waals surface area contributed by atoms with Gasteiger partial charge in [0.25, 0.3) is 11.8 Å². The van der Waals surface area contributed by atoms with E-state index in [9.17, 15) is 19.6 Å². The molecule has 5 aromatic rings. The molecule has 2 atom stereocenters. The number of thioether (sulfide) groups is 1. The Labute approximate surface area is 332 Å². The predicted octanol–water partition coefficient (Wildman–Crippen LogP) is 10.8. The van der Waals surface area contributed by atoms with Crippen LogP contribution in [0.15, 0.2) is 120 Å². The highest BCUT2D eigenvalue weighted by atomic mass is 32.2. The molecule has 280 valence electrons. The molecule has 0 fully saturated rings. The summed E-state index contributed by atoms with van der Waals surface area (Å²) in [5.74, 6) is -0.255. The van der Waals surface area contributed by atoms with E-state index in [1.54, 1.807) is 36.4 Å². The number of nitrogens with one attached hydrogen (secondary N) is 3. The lowest BCUT2D eigenvalue weighted by Crippen LogP contribution is -2.30. The van der Waals surface area contributed by atoms with Crippen LogP contribution in [0.5, 0.6) is 0 Å². The zero-order valence-electron chi connectivity index (χ0n) is 31.8. The normalized spacial score (nSPS) is 14.7. The van der Waals surface area contributed by atoms with Crippen LogP contribution in [0.2, 0.25) is 0 Å². The van der Waals surface area contributed by atoms with Crippen molar-refractivity contribution in [3.63, 3.8) is 0 Å². The minimum absolute atomic E-state index is 0.0894. The van der Waals surface area contributed by atoms with Gasteiger partial charge in [0.2, 0.25) is 5.91 Å². The Hall–Kier alpha value is -5.43. The van der Waals surface area contributed by atoms with Crippen molar-refractivity contribution in [1.82, 2.24) is 5.32 Å². The minimum Gasteiger partial charge on any atom is -0.321 e. The fourth-order valence-electron chi connectivity index (χ4n) is 6.68. The average Bonchev–Trinajstić information content (AvgIpc) is 3.53. The molecule has 1 aromatic heterocycles. The van der Waals surface area contributed by atoms with E-state index in [2.05, 4.69) is 56.6 Å². The zero-order valence-corrected chi connectivity index (χ0v) is 33.4. The molecule has 1 aliphatic carbocycles. The molecule has 6 rings (SSSR count). The van der Waals surface area contributed by atoms with Gasteiger partial charge in [-0.25, -0.2) is 0 Å². The molecule has 0 saturated carbocycles. The van der Waals surface area contributed by atoms with Gasteiger partial charge < -0.3 is 16.0 Å². The molecule has 55 heavy (non-hydrogen) atoms. The summed E-state index contributed by atoms with van der Waals surface area (Å²) in [4.78, 5) is 43.2. The third-order valence-electron chi connectivity index (χ3n) is 9.97. The fraction of sp³-hybridized carbons (Fsp3) is 0.261. The van der Waals surface area contributed by atoms with Crippen LogP contribution >= 0.6 is 23.1 Å². The summed E-state index contributed by atoms with van der Waals surface area (Å²) in [7, 11) is 0. The van der Waals surface area contributed by atoms with Crippen LogP contribution in [0.3, 0.4) is 0 Å². The molecule has 0 aliphatic heterocycles. The van der Waals surface area contributed by atoms with Gasteiger partial charge in [-0.2, -0.15) is 5.26 Å². The van der Waals surface area contributed by atoms with Gasteiger partial charge >= 0.3 is 0 Å². The fourth-order valence-corrected chi connectivity index (χ4v) is 9.04. The standard InChI is InChI=1S/C46H46N4O3S2/c1-29(2)31-21-19-30(20-22-31)25-39(49-42(51)33-15-10-7-11-16-33)43(52)48-35-17-12-18-36(27-35)54-41(32-13-8-6-9-14-32)44(53)50-45-38(28-47)37-24-23-34(46(3,4)5)26-40(37)55-45/h6-22,25,27,29,34,41H,23-24,26H2,1-5H3,(H,48,52)(H,49,51)(H,50,53)/b39-25+. The first-order chi connectivity index (χ1) is 26.4. The van der Waals surface area contributed by atoms with Crippen LogP contribution in [-0.2, 0) is 22.4 Å². The van der Waals surface area contributed by atoms with Crippen LogP contribution in [0, 0.1) is 22.7 Å². The van der Waals surface area contributed by atoms with E-state index in [1.165, 1.54) is 33.5 Å². The first-order valence-corrected chi connectivity index (χ1v) is 20.3. The number of nitrogens with zero attached hydrogens (tertiary/aromatic N) is 1. The van der Waals surface area contributed by atoms with Crippen molar-refractivity contribution in [2.45, 2.75) is 69.9 Å². The number of thiophene rings is 1. The van der Waals surface area contributed by atoms with Crippen LogP contribution in [0.1, 0.15) is 95.3 Å². The van der Waals surface area contributed by atoms with Crippen molar-refractivity contribution in [3.8, 4) is 6.07 Å². The summed E-state index contributed by atoms with van der Waals surface area (Å²) in [5.41, 5.74) is 5.57. The van der Waals surface area contributed by atoms with E-state index in [4.69, 9.17) is 0 Å². The van der Waals surface area contributed by atoms with Crippen molar-refractivity contribution in [2.24, 2.45) is 11.3 Å². The van der Waals surface area contributed by atoms with Gasteiger partial charge in [0.15, 0.2) is 0 Å². The van der Waals surface area contributed by atoms with Gasteiger partial charge in [0.1, 0.15) is 22.0 Å². The van der Waals surface area contributed by atoms with E-state index >= 15 is 0 Å². The Morgan fingerprint density at radius 2 is 1.56 bits per heavy atom. The van der Waals surface area contributed by atoms with E-state index in [1.807, 2.05) is 78.9 Å². The highest BCUT2D eigenvalue weighted by Crippen LogP contribution is 2.45. The highest BCUT2D eigenvalue weighted by Gasteiger charge is 2.33. The first-order valence-electron chi connectivity index (χ1n) is 18.6. The second-order valence-corrected chi connectivity index (χ2v) is 17.5. The van der Waals surface area contributed by atoms with Crippen LogP contribution in [-0.4, -0.2) is 17.7 Å². The Kier molecular flexibility index (Phi) is 12.4. The number of anilines is 2. The summed E-state index contributed by atoms with van der Waals surface area (Å²) < 4.78 is 0. The number of carbonyl (C=O) groups is 3. The lowest BCUT2D eigenvalue weighted by atomic mass is 9.72. The number of hydrogen-bond acceptors (Lipinski definition) is 6. The van der Waals surface area contributed by atoms with E-state index in [-0.39, 0.29) is 17.0 Å². The van der Waals surface area contributed by atoms with Gasteiger partial charge in [-0.15, -0.1) is 23.1 Å². The molecule has 0 saturated heterocycles. The number of rotatable bonds is 11. The summed E-state index contributed by atoms with van der Waals surface area (Å²) >= 11 is 2.88. The maximum Gasteiger partial charge on any atom is 0.272 e. The Bertz CT molecular complexity index is 2230. The summed E-state index contributed by atoms with van der Waals surface area (Å²) in [5, 5.41) is 19.1. The molecule has 1 aliphatic rings. The number of fused-ring (bicyclic) bond motifs is 1. The van der Waals surface area contributed by atoms with Crippen molar-refractivity contribution in [3.05, 3.63) is 153 Å². The summed E-state index contributed by atoms with van der Waals surface area (Å²) in [6, 6.07) is 35.9. The molecule has 0 spiro atoms. The second kappa shape index (κ2) is 17.4. The molecule has 7 nitrogen and oxygen atoms in total. The van der Waals surface area contributed by atoms with Gasteiger partial charge in [-0.1, -0.05) is 113 Å². The molecular weight excluding hydrogens is 721 g/mol. The summed E-state index contributed by atoms with van der Waals surface area (Å²) in [6.45, 7) is 11.0. The van der Waals surface area contributed by atoms with E-state index in [0.717, 1.165) is 40.8 Å². The average molecular weight is 767 g/mol. The number of amides is 3. The van der Waals surface area contributed by atoms with Gasteiger partial charge in [-0.05, 0) is 95.2 Å². The molecular formula is C46H46N4O3S2. The maximum absolute atomic E-state index is 14.2. The molecule has 2 unspecified atom stereocenters. The SMILES string of the molecule is CC(C)c1ccc(/C=C(/NC(=O)c2ccccc2)C(=O)Nc2cccc(SC(C(=O)Nc3sc4c(c3C#N)CCC(C(C)(C)C)C4)c3ccccc3)c2)cc1. The number of carbonyl (C=O) groups excluding carboxylic acids is 3. The first kappa shape index (κ1) is 39.3. The van der Waals surface area contributed by atoms with Gasteiger partial charge in [0.05, 0.1) is 5.56 Å². The molecule has 0 radical (unpaired) electrons. The molecule has 1 heterocycles. The van der Waals surface area contributed by atoms with Crippen molar-refractivity contribution >= 4 is 57.6 Å². The second-order valence-electron chi connectivity index (χ2n) is 15.2. The lowest BCUT2D eigenvalue weighted by molar-refractivity contribution is -0.116. The smallest absolute Gasteiger partial charge is 0.272 e. The minimum atomic E-state index is -0.644. The van der Waals surface area contributed by atoms with E-state index < -0.39 is 17.1 Å². The zero-order chi connectivity index (χ0) is 39.1. The Morgan fingerprint density at radius 3 is 2.22 bits per heavy atom. The van der Waals surface area contributed by atoms with Crippen molar-refractivity contribution < 1.29 is 14.4 Å². The van der Waals surface area contributed by atoms with E-state index in [0.29, 0.717) is 33.7 Å². The topological polar surface area (TPSA) is 111 Å². The van der Waals surface area contributed by atoms with Crippen LogP contribution < -0.4 is 16.0 Å². The van der Waals surface area contributed by atoms with Crippen LogP contribution in [0.25, 0.3) is 6.08 Å². The quantitative estimate of drug-likeness (QED) is 0.0916. The Morgan fingerprint density at radius 1 is 0.873 bits per heavy atom. The molecule has 4 aromatic carbocycles. The Balaban J connectivity index is 1.23. The number of nitriles is 1. The predicted molar refractivity (Wildman–Crippen MR) is 225 cm³/mol. The third kappa shape index (κ3) is 9.82. The lowest BCUT2D eigenvalue weighted by Gasteiger charge is -2.33. The van der Waals surface area contributed by atoms with Gasteiger partial charge in [-0.3, -0.25) is 14.4 Å². The third-order valence-corrected chi connectivity index (χ3v) is 12.4. The molecule has 3 amide bonds. The molecule has 0 bridgehead atoms. The van der Waals surface area contributed by atoms with Crippen LogP contribution in [0.4, 0.5) is 10.7 Å². The number of hydrogen-bond donors (Lipinski definition) is 3. The van der Waals surface area contributed by atoms with Gasteiger partial charge in [0, 0.05) is 21.0 Å². The highest BCUT2D eigenvalue weighted by molar-refractivity contribution is 8.00. The monoisotopic (exact) mass is 766 g/mol.